The number of fused-ring (bicyclic) bond motifs is 3. The SMILES string of the molecule is COC(=O)N1OCc2c([nH]c3ccc(Cl)cc23)C1c1ccc(-c2nccc(OC)n2)cc1. The maximum atomic E-state index is 12.5. The van der Waals surface area contributed by atoms with Gasteiger partial charge in [0.05, 0.1) is 19.9 Å². The highest BCUT2D eigenvalue weighted by atomic mass is 35.5. The minimum absolute atomic E-state index is 0.219. The van der Waals surface area contributed by atoms with Crippen molar-refractivity contribution in [3.8, 4) is 17.3 Å². The number of H-pyrrole nitrogens is 1. The summed E-state index contributed by atoms with van der Waals surface area (Å²) in [4.78, 5) is 30.4. The smallest absolute Gasteiger partial charge is 0.434 e. The van der Waals surface area contributed by atoms with E-state index in [1.165, 1.54) is 12.2 Å². The number of hydrogen-bond acceptors (Lipinski definition) is 6. The first kappa shape index (κ1) is 20.3. The molecule has 0 saturated carbocycles. The molecule has 5 rings (SSSR count). The first-order valence-corrected chi connectivity index (χ1v) is 10.2. The van der Waals surface area contributed by atoms with Crippen LogP contribution in [-0.4, -0.2) is 40.3 Å². The predicted octanol–water partition coefficient (Wildman–Crippen LogP) is 4.89. The summed E-state index contributed by atoms with van der Waals surface area (Å²) in [6.07, 6.45) is 1.06. The molecule has 1 atom stereocenters. The highest BCUT2D eigenvalue weighted by Gasteiger charge is 2.36. The summed E-state index contributed by atoms with van der Waals surface area (Å²) in [7, 11) is 2.89. The lowest BCUT2D eigenvalue weighted by molar-refractivity contribution is -0.173. The van der Waals surface area contributed by atoms with Crippen molar-refractivity contribution in [2.24, 2.45) is 0 Å². The molecule has 4 aromatic rings. The third kappa shape index (κ3) is 3.43. The number of methoxy groups -OCH3 is 2. The monoisotopic (exact) mass is 450 g/mol. The van der Waals surface area contributed by atoms with Gasteiger partial charge in [0.15, 0.2) is 5.82 Å². The molecule has 0 aliphatic carbocycles. The number of carbonyl (C=O) groups is 1. The number of nitrogens with one attached hydrogen (secondary N) is 1. The standard InChI is InChI=1S/C23H19ClN4O4/c1-30-19-9-10-25-22(27-19)14-5-3-13(4-6-14)21-20-17(12-32-28(21)23(29)31-2)16-11-15(24)7-8-18(16)26-20/h3-11,21,26H,12H2,1-2H3. The van der Waals surface area contributed by atoms with Crippen molar-refractivity contribution < 1.29 is 19.1 Å². The molecule has 1 amide bonds. The van der Waals surface area contributed by atoms with Gasteiger partial charge in [0.2, 0.25) is 5.88 Å². The number of carbonyl (C=O) groups excluding carboxylic acids is 1. The minimum Gasteiger partial charge on any atom is -0.481 e. The van der Waals surface area contributed by atoms with E-state index in [4.69, 9.17) is 25.9 Å². The number of amides is 1. The van der Waals surface area contributed by atoms with Crippen LogP contribution in [0.1, 0.15) is 22.9 Å². The van der Waals surface area contributed by atoms with Crippen molar-refractivity contribution in [2.75, 3.05) is 14.2 Å². The van der Waals surface area contributed by atoms with Gasteiger partial charge in [0.1, 0.15) is 12.6 Å². The Hall–Kier alpha value is -3.62. The molecule has 0 bridgehead atoms. The van der Waals surface area contributed by atoms with Gasteiger partial charge < -0.3 is 14.5 Å². The second kappa shape index (κ2) is 8.14. The summed E-state index contributed by atoms with van der Waals surface area (Å²) >= 11 is 6.21. The Kier molecular flexibility index (Phi) is 5.16. The van der Waals surface area contributed by atoms with Crippen molar-refractivity contribution in [1.29, 1.82) is 0 Å². The highest BCUT2D eigenvalue weighted by molar-refractivity contribution is 6.31. The molecule has 1 aliphatic rings. The molecular weight excluding hydrogens is 432 g/mol. The predicted molar refractivity (Wildman–Crippen MR) is 118 cm³/mol. The topological polar surface area (TPSA) is 89.6 Å². The van der Waals surface area contributed by atoms with E-state index in [0.29, 0.717) is 16.7 Å². The second-order valence-electron chi connectivity index (χ2n) is 7.22. The third-order valence-electron chi connectivity index (χ3n) is 5.44. The largest absolute Gasteiger partial charge is 0.481 e. The van der Waals surface area contributed by atoms with Gasteiger partial charge in [-0.05, 0) is 23.8 Å². The van der Waals surface area contributed by atoms with Crippen molar-refractivity contribution in [1.82, 2.24) is 20.0 Å². The Balaban J connectivity index is 1.59. The maximum absolute atomic E-state index is 12.5. The van der Waals surface area contributed by atoms with Gasteiger partial charge in [-0.1, -0.05) is 35.9 Å². The Labute approximate surface area is 188 Å². The fourth-order valence-corrected chi connectivity index (χ4v) is 4.09. The summed E-state index contributed by atoms with van der Waals surface area (Å²) in [6.45, 7) is 0.219. The van der Waals surface area contributed by atoms with Gasteiger partial charge >= 0.3 is 6.09 Å². The van der Waals surface area contributed by atoms with Crippen LogP contribution in [0.25, 0.3) is 22.3 Å². The fraction of sp³-hybridized carbons (Fsp3) is 0.174. The number of nitrogens with zero attached hydrogens (tertiary/aromatic N) is 3. The van der Waals surface area contributed by atoms with Gasteiger partial charge in [-0.3, -0.25) is 4.84 Å². The summed E-state index contributed by atoms with van der Waals surface area (Å²) in [5.41, 5.74) is 4.37. The molecule has 2 aromatic heterocycles. The average molecular weight is 451 g/mol. The molecule has 0 fully saturated rings. The number of halogens is 1. The van der Waals surface area contributed by atoms with E-state index in [1.54, 1.807) is 19.4 Å². The maximum Gasteiger partial charge on any atom is 0.434 e. The summed E-state index contributed by atoms with van der Waals surface area (Å²) in [6, 6.07) is 14.4. The van der Waals surface area contributed by atoms with E-state index in [0.717, 1.165) is 33.3 Å². The molecule has 0 spiro atoms. The number of aromatic amines is 1. The second-order valence-corrected chi connectivity index (χ2v) is 7.66. The quantitative estimate of drug-likeness (QED) is 0.478. The first-order chi connectivity index (χ1) is 15.6. The molecule has 3 heterocycles. The molecule has 1 unspecified atom stereocenters. The number of hydroxylamine groups is 2. The van der Waals surface area contributed by atoms with Crippen LogP contribution in [0.5, 0.6) is 5.88 Å². The summed E-state index contributed by atoms with van der Waals surface area (Å²) in [5.74, 6) is 1.03. The molecule has 162 valence electrons. The Morgan fingerprint density at radius 3 is 2.75 bits per heavy atom. The number of benzene rings is 2. The lowest BCUT2D eigenvalue weighted by atomic mass is 9.97. The van der Waals surface area contributed by atoms with Crippen molar-refractivity contribution in [2.45, 2.75) is 12.6 Å². The third-order valence-corrected chi connectivity index (χ3v) is 5.67. The molecule has 2 aromatic carbocycles. The zero-order chi connectivity index (χ0) is 22.2. The molecule has 1 N–H and O–H groups in total. The Morgan fingerprint density at radius 2 is 2.00 bits per heavy atom. The van der Waals surface area contributed by atoms with E-state index >= 15 is 0 Å². The van der Waals surface area contributed by atoms with Gasteiger partial charge in [-0.15, -0.1) is 0 Å². The van der Waals surface area contributed by atoms with Crippen molar-refractivity contribution in [3.05, 3.63) is 76.6 Å². The van der Waals surface area contributed by atoms with Crippen LogP contribution in [0.2, 0.25) is 5.02 Å². The molecule has 1 aliphatic heterocycles. The minimum atomic E-state index is -0.586. The van der Waals surface area contributed by atoms with Crippen LogP contribution in [0, 0.1) is 0 Å². The molecular formula is C23H19ClN4O4. The zero-order valence-electron chi connectivity index (χ0n) is 17.3. The van der Waals surface area contributed by atoms with Crippen LogP contribution >= 0.6 is 11.6 Å². The number of ether oxygens (including phenoxy) is 2. The van der Waals surface area contributed by atoms with Gasteiger partial charge in [-0.25, -0.2) is 9.78 Å². The lowest BCUT2D eigenvalue weighted by Crippen LogP contribution is -2.38. The zero-order valence-corrected chi connectivity index (χ0v) is 18.1. The van der Waals surface area contributed by atoms with Crippen LogP contribution in [0.15, 0.2) is 54.7 Å². The van der Waals surface area contributed by atoms with Gasteiger partial charge in [0, 0.05) is 39.3 Å². The van der Waals surface area contributed by atoms with E-state index < -0.39 is 12.1 Å². The molecule has 32 heavy (non-hydrogen) atoms. The molecule has 0 saturated heterocycles. The molecule has 0 radical (unpaired) electrons. The first-order valence-electron chi connectivity index (χ1n) is 9.86. The summed E-state index contributed by atoms with van der Waals surface area (Å²) < 4.78 is 10.1. The van der Waals surface area contributed by atoms with E-state index in [9.17, 15) is 4.79 Å². The Bertz CT molecular complexity index is 1310. The van der Waals surface area contributed by atoms with E-state index in [-0.39, 0.29) is 6.61 Å². The van der Waals surface area contributed by atoms with Crippen LogP contribution in [0.4, 0.5) is 4.79 Å². The molecule has 9 heteroatoms. The van der Waals surface area contributed by atoms with Crippen LogP contribution < -0.4 is 4.74 Å². The number of rotatable bonds is 3. The van der Waals surface area contributed by atoms with Crippen molar-refractivity contribution in [3.63, 3.8) is 0 Å². The number of hydrogen-bond donors (Lipinski definition) is 1. The normalized spacial score (nSPS) is 15.5. The summed E-state index contributed by atoms with van der Waals surface area (Å²) in [5, 5.41) is 2.84. The number of aromatic nitrogens is 3. The van der Waals surface area contributed by atoms with Crippen molar-refractivity contribution >= 4 is 28.6 Å². The average Bonchev–Trinajstić information content (AvgIpc) is 3.21. The van der Waals surface area contributed by atoms with E-state index in [2.05, 4.69) is 15.0 Å². The fourth-order valence-electron chi connectivity index (χ4n) is 3.92. The van der Waals surface area contributed by atoms with E-state index in [1.807, 2.05) is 42.5 Å². The molecule has 8 nitrogen and oxygen atoms in total. The van der Waals surface area contributed by atoms with Gasteiger partial charge in [0.25, 0.3) is 0 Å². The van der Waals surface area contributed by atoms with Gasteiger partial charge in [-0.2, -0.15) is 10.0 Å². The van der Waals surface area contributed by atoms with Crippen LogP contribution in [-0.2, 0) is 16.2 Å². The van der Waals surface area contributed by atoms with Crippen LogP contribution in [0.3, 0.4) is 0 Å². The lowest BCUT2D eigenvalue weighted by Gasteiger charge is -2.33. The Morgan fingerprint density at radius 1 is 1.19 bits per heavy atom. The highest BCUT2D eigenvalue weighted by Crippen LogP contribution is 2.40.